The molecule has 0 saturated heterocycles. The fourth-order valence-corrected chi connectivity index (χ4v) is 4.05. The SMILES string of the molecule is CC1CCCCC1NCCN(C)C1CCC(C)(C)CC1. The van der Waals surface area contributed by atoms with Crippen LogP contribution in [0.3, 0.4) is 0 Å². The van der Waals surface area contributed by atoms with Gasteiger partial charge in [-0.2, -0.15) is 0 Å². The molecule has 0 heterocycles. The van der Waals surface area contributed by atoms with E-state index in [0.29, 0.717) is 5.41 Å². The maximum atomic E-state index is 3.82. The van der Waals surface area contributed by atoms with Crippen molar-refractivity contribution in [3.63, 3.8) is 0 Å². The van der Waals surface area contributed by atoms with Crippen LogP contribution >= 0.6 is 0 Å². The lowest BCUT2D eigenvalue weighted by molar-refractivity contribution is 0.126. The van der Waals surface area contributed by atoms with Crippen LogP contribution in [0.5, 0.6) is 0 Å². The van der Waals surface area contributed by atoms with Crippen LogP contribution in [-0.2, 0) is 0 Å². The second-order valence-corrected chi connectivity index (χ2v) is 8.20. The number of nitrogens with one attached hydrogen (secondary N) is 1. The summed E-state index contributed by atoms with van der Waals surface area (Å²) in [5, 5.41) is 3.82. The third-order valence-corrected chi connectivity index (χ3v) is 5.91. The zero-order chi connectivity index (χ0) is 14.6. The summed E-state index contributed by atoms with van der Waals surface area (Å²) in [4.78, 5) is 2.61. The minimum Gasteiger partial charge on any atom is -0.312 e. The van der Waals surface area contributed by atoms with Gasteiger partial charge in [-0.05, 0) is 56.9 Å². The van der Waals surface area contributed by atoms with Gasteiger partial charge in [-0.3, -0.25) is 0 Å². The van der Waals surface area contributed by atoms with Crippen LogP contribution < -0.4 is 5.32 Å². The van der Waals surface area contributed by atoms with E-state index >= 15 is 0 Å². The average Bonchev–Trinajstić information content (AvgIpc) is 2.40. The fraction of sp³-hybridized carbons (Fsp3) is 1.00. The van der Waals surface area contributed by atoms with Crippen LogP contribution in [0.1, 0.15) is 72.1 Å². The van der Waals surface area contributed by atoms with E-state index in [4.69, 9.17) is 0 Å². The van der Waals surface area contributed by atoms with Crippen molar-refractivity contribution in [3.8, 4) is 0 Å². The molecule has 2 saturated carbocycles. The summed E-state index contributed by atoms with van der Waals surface area (Å²) in [5.41, 5.74) is 0.590. The second-order valence-electron chi connectivity index (χ2n) is 8.20. The molecule has 20 heavy (non-hydrogen) atoms. The molecule has 2 fully saturated rings. The molecule has 0 spiro atoms. The van der Waals surface area contributed by atoms with E-state index in [1.165, 1.54) is 64.5 Å². The summed E-state index contributed by atoms with van der Waals surface area (Å²) in [6.45, 7) is 9.66. The van der Waals surface area contributed by atoms with Crippen molar-refractivity contribution in [2.75, 3.05) is 20.1 Å². The molecule has 2 nitrogen and oxygen atoms in total. The number of likely N-dealkylation sites (N-methyl/N-ethyl adjacent to an activating group) is 1. The van der Waals surface area contributed by atoms with Crippen LogP contribution in [-0.4, -0.2) is 37.1 Å². The van der Waals surface area contributed by atoms with Crippen LogP contribution in [0.2, 0.25) is 0 Å². The summed E-state index contributed by atoms with van der Waals surface area (Å²) in [6.07, 6.45) is 11.3. The summed E-state index contributed by atoms with van der Waals surface area (Å²) in [5.74, 6) is 0.879. The van der Waals surface area contributed by atoms with Crippen molar-refractivity contribution in [2.45, 2.75) is 84.2 Å². The van der Waals surface area contributed by atoms with Crippen molar-refractivity contribution in [3.05, 3.63) is 0 Å². The highest BCUT2D eigenvalue weighted by atomic mass is 15.1. The number of hydrogen-bond donors (Lipinski definition) is 1. The molecule has 2 rings (SSSR count). The Morgan fingerprint density at radius 3 is 2.35 bits per heavy atom. The molecular weight excluding hydrogens is 244 g/mol. The van der Waals surface area contributed by atoms with Crippen LogP contribution in [0.15, 0.2) is 0 Å². The Bertz CT molecular complexity index is 277. The first kappa shape index (κ1) is 16.3. The van der Waals surface area contributed by atoms with Crippen LogP contribution in [0, 0.1) is 11.3 Å². The van der Waals surface area contributed by atoms with Gasteiger partial charge in [0.2, 0.25) is 0 Å². The number of hydrogen-bond acceptors (Lipinski definition) is 2. The van der Waals surface area contributed by atoms with E-state index in [9.17, 15) is 0 Å². The topological polar surface area (TPSA) is 15.3 Å². The lowest BCUT2D eigenvalue weighted by Crippen LogP contribution is -2.44. The second kappa shape index (κ2) is 7.26. The third kappa shape index (κ3) is 4.73. The van der Waals surface area contributed by atoms with E-state index < -0.39 is 0 Å². The molecule has 0 aromatic rings. The summed E-state index contributed by atoms with van der Waals surface area (Å²) in [6, 6.07) is 1.61. The highest BCUT2D eigenvalue weighted by Gasteiger charge is 2.28. The molecule has 0 radical (unpaired) electrons. The predicted molar refractivity (Wildman–Crippen MR) is 88.1 cm³/mol. The maximum Gasteiger partial charge on any atom is 0.0107 e. The van der Waals surface area contributed by atoms with E-state index in [-0.39, 0.29) is 0 Å². The predicted octanol–water partition coefficient (Wildman–Crippen LogP) is 4.06. The molecule has 2 unspecified atom stereocenters. The summed E-state index contributed by atoms with van der Waals surface area (Å²) in [7, 11) is 2.33. The molecule has 0 aromatic carbocycles. The van der Waals surface area contributed by atoms with Crippen molar-refractivity contribution in [2.24, 2.45) is 11.3 Å². The monoisotopic (exact) mass is 280 g/mol. The third-order valence-electron chi connectivity index (χ3n) is 5.91. The van der Waals surface area contributed by atoms with Crippen LogP contribution in [0.25, 0.3) is 0 Å². The van der Waals surface area contributed by atoms with Gasteiger partial charge in [-0.1, -0.05) is 33.6 Å². The molecule has 2 heteroatoms. The van der Waals surface area contributed by atoms with Gasteiger partial charge in [0, 0.05) is 25.2 Å². The Kier molecular flexibility index (Phi) is 5.92. The van der Waals surface area contributed by atoms with Crippen molar-refractivity contribution in [1.29, 1.82) is 0 Å². The van der Waals surface area contributed by atoms with E-state index in [0.717, 1.165) is 18.0 Å². The lowest BCUT2D eigenvalue weighted by atomic mass is 9.75. The molecule has 0 aliphatic heterocycles. The first-order chi connectivity index (χ1) is 9.48. The normalized spacial score (nSPS) is 31.6. The van der Waals surface area contributed by atoms with Crippen LogP contribution in [0.4, 0.5) is 0 Å². The lowest BCUT2D eigenvalue weighted by Gasteiger charge is -2.39. The van der Waals surface area contributed by atoms with Gasteiger partial charge in [-0.25, -0.2) is 0 Å². The quantitative estimate of drug-likeness (QED) is 0.817. The summed E-state index contributed by atoms with van der Waals surface area (Å²) >= 11 is 0. The smallest absolute Gasteiger partial charge is 0.0107 e. The highest BCUT2D eigenvalue weighted by molar-refractivity contribution is 4.83. The van der Waals surface area contributed by atoms with E-state index in [2.05, 4.69) is 38.0 Å². The van der Waals surface area contributed by atoms with Gasteiger partial charge >= 0.3 is 0 Å². The van der Waals surface area contributed by atoms with Crippen molar-refractivity contribution >= 4 is 0 Å². The van der Waals surface area contributed by atoms with Gasteiger partial charge in [0.15, 0.2) is 0 Å². The Labute approximate surface area is 126 Å². The Morgan fingerprint density at radius 1 is 1.05 bits per heavy atom. The molecule has 2 atom stereocenters. The molecule has 0 aromatic heterocycles. The number of nitrogens with zero attached hydrogens (tertiary/aromatic N) is 1. The molecular formula is C18H36N2. The average molecular weight is 281 g/mol. The fourth-order valence-electron chi connectivity index (χ4n) is 4.05. The molecule has 2 aliphatic rings. The Morgan fingerprint density at radius 2 is 1.70 bits per heavy atom. The van der Waals surface area contributed by atoms with E-state index in [1.807, 2.05) is 0 Å². The minimum atomic E-state index is 0.590. The van der Waals surface area contributed by atoms with Gasteiger partial charge < -0.3 is 10.2 Å². The minimum absolute atomic E-state index is 0.590. The highest BCUT2D eigenvalue weighted by Crippen LogP contribution is 2.36. The standard InChI is InChI=1S/C18H36N2/c1-15-7-5-6-8-17(15)19-13-14-20(4)16-9-11-18(2,3)12-10-16/h15-17,19H,5-14H2,1-4H3. The largest absolute Gasteiger partial charge is 0.312 e. The van der Waals surface area contributed by atoms with Crippen molar-refractivity contribution in [1.82, 2.24) is 10.2 Å². The molecule has 0 bridgehead atoms. The molecule has 118 valence electrons. The molecule has 0 amide bonds. The van der Waals surface area contributed by atoms with Gasteiger partial charge in [0.25, 0.3) is 0 Å². The maximum absolute atomic E-state index is 3.82. The Hall–Kier alpha value is -0.0800. The van der Waals surface area contributed by atoms with Crippen molar-refractivity contribution < 1.29 is 0 Å². The van der Waals surface area contributed by atoms with E-state index in [1.54, 1.807) is 0 Å². The zero-order valence-corrected chi connectivity index (χ0v) is 14.3. The Balaban J connectivity index is 1.64. The first-order valence-corrected chi connectivity index (χ1v) is 8.91. The molecule has 1 N–H and O–H groups in total. The zero-order valence-electron chi connectivity index (χ0n) is 14.3. The van der Waals surface area contributed by atoms with Gasteiger partial charge in [0.1, 0.15) is 0 Å². The first-order valence-electron chi connectivity index (χ1n) is 8.91. The summed E-state index contributed by atoms with van der Waals surface area (Å²) < 4.78 is 0. The molecule has 2 aliphatic carbocycles. The van der Waals surface area contributed by atoms with Gasteiger partial charge in [-0.15, -0.1) is 0 Å². The number of rotatable bonds is 5. The van der Waals surface area contributed by atoms with Gasteiger partial charge in [0.05, 0.1) is 0 Å².